The highest BCUT2D eigenvalue weighted by Gasteiger charge is 1.94. The molecule has 0 N–H and O–H groups in total. The van der Waals surface area contributed by atoms with Crippen LogP contribution in [0.4, 0.5) is 0 Å². The second-order valence-corrected chi connectivity index (χ2v) is 5.34. The van der Waals surface area contributed by atoms with Crippen LogP contribution in [0.1, 0.15) is 6.92 Å². The van der Waals surface area contributed by atoms with Gasteiger partial charge in [0.15, 0.2) is 0 Å². The molecule has 0 radical (unpaired) electrons. The molecule has 74 valence electrons. The quantitative estimate of drug-likeness (QED) is 0.708. The SMILES string of the molecule is CCSCCSCn1cc(Cl)cn1. The predicted molar refractivity (Wildman–Crippen MR) is 62.7 cm³/mol. The molecule has 5 heteroatoms. The van der Waals surface area contributed by atoms with Gasteiger partial charge in [-0.1, -0.05) is 18.5 Å². The fourth-order valence-electron chi connectivity index (χ4n) is 0.829. The summed E-state index contributed by atoms with van der Waals surface area (Å²) in [6.07, 6.45) is 3.52. The number of thioether (sulfide) groups is 2. The Morgan fingerprint density at radius 3 is 2.85 bits per heavy atom. The van der Waals surface area contributed by atoms with Crippen LogP contribution in [-0.4, -0.2) is 27.0 Å². The van der Waals surface area contributed by atoms with Crippen LogP contribution in [0.25, 0.3) is 0 Å². The number of nitrogens with zero attached hydrogens (tertiary/aromatic N) is 2. The third-order valence-electron chi connectivity index (χ3n) is 1.40. The van der Waals surface area contributed by atoms with Crippen LogP contribution in [0.15, 0.2) is 12.4 Å². The Bertz CT molecular complexity index is 240. The lowest BCUT2D eigenvalue weighted by Gasteiger charge is -2.00. The molecule has 0 saturated carbocycles. The van der Waals surface area contributed by atoms with Gasteiger partial charge in [-0.3, -0.25) is 4.68 Å². The molecule has 0 saturated heterocycles. The van der Waals surface area contributed by atoms with Crippen molar-refractivity contribution in [1.82, 2.24) is 9.78 Å². The summed E-state index contributed by atoms with van der Waals surface area (Å²) in [5.74, 6) is 4.50. The standard InChI is InChI=1S/C8H13ClN2S2/c1-2-12-3-4-13-7-11-6-8(9)5-10-11/h5-6H,2-4,7H2,1H3. The van der Waals surface area contributed by atoms with Gasteiger partial charge in [-0.15, -0.1) is 11.8 Å². The molecular formula is C8H13ClN2S2. The number of aromatic nitrogens is 2. The molecule has 0 bridgehead atoms. The Hall–Kier alpha value is 0.200. The highest BCUT2D eigenvalue weighted by molar-refractivity contribution is 8.02. The van der Waals surface area contributed by atoms with Gasteiger partial charge in [0.05, 0.1) is 17.1 Å². The van der Waals surface area contributed by atoms with E-state index in [1.54, 1.807) is 6.20 Å². The lowest BCUT2D eigenvalue weighted by Crippen LogP contribution is -1.96. The molecule has 1 aromatic heterocycles. The number of rotatable bonds is 6. The van der Waals surface area contributed by atoms with Gasteiger partial charge in [-0.25, -0.2) is 0 Å². The van der Waals surface area contributed by atoms with E-state index < -0.39 is 0 Å². The van der Waals surface area contributed by atoms with Crippen molar-refractivity contribution in [2.45, 2.75) is 12.8 Å². The summed E-state index contributed by atoms with van der Waals surface area (Å²) in [5, 5.41) is 4.80. The van der Waals surface area contributed by atoms with E-state index in [-0.39, 0.29) is 0 Å². The van der Waals surface area contributed by atoms with E-state index in [0.29, 0.717) is 5.02 Å². The van der Waals surface area contributed by atoms with Crippen LogP contribution in [0.5, 0.6) is 0 Å². The summed E-state index contributed by atoms with van der Waals surface area (Å²) in [7, 11) is 0. The summed E-state index contributed by atoms with van der Waals surface area (Å²) in [4.78, 5) is 0. The molecule has 0 aliphatic carbocycles. The van der Waals surface area contributed by atoms with Gasteiger partial charge in [-0.2, -0.15) is 16.9 Å². The minimum absolute atomic E-state index is 0.712. The Balaban J connectivity index is 2.06. The van der Waals surface area contributed by atoms with Gasteiger partial charge in [-0.05, 0) is 5.75 Å². The number of halogens is 1. The monoisotopic (exact) mass is 236 g/mol. The maximum Gasteiger partial charge on any atom is 0.0864 e. The molecule has 1 heterocycles. The molecule has 0 unspecified atom stereocenters. The normalized spacial score (nSPS) is 10.6. The molecule has 13 heavy (non-hydrogen) atoms. The molecule has 0 amide bonds. The van der Waals surface area contributed by atoms with Crippen LogP contribution in [0.2, 0.25) is 5.02 Å². The van der Waals surface area contributed by atoms with Crippen molar-refractivity contribution in [1.29, 1.82) is 0 Å². The van der Waals surface area contributed by atoms with E-state index in [1.165, 1.54) is 17.3 Å². The minimum atomic E-state index is 0.712. The van der Waals surface area contributed by atoms with E-state index in [9.17, 15) is 0 Å². The molecule has 0 atom stereocenters. The molecule has 0 aliphatic heterocycles. The van der Waals surface area contributed by atoms with Gasteiger partial charge >= 0.3 is 0 Å². The fourth-order valence-corrected chi connectivity index (χ4v) is 2.67. The average Bonchev–Trinajstić information content (AvgIpc) is 2.51. The summed E-state index contributed by atoms with van der Waals surface area (Å²) < 4.78 is 1.86. The Kier molecular flexibility index (Phi) is 5.75. The molecular weight excluding hydrogens is 224 g/mol. The van der Waals surface area contributed by atoms with E-state index >= 15 is 0 Å². The maximum absolute atomic E-state index is 5.73. The largest absolute Gasteiger partial charge is 0.261 e. The number of hydrogen-bond donors (Lipinski definition) is 0. The first-order valence-electron chi connectivity index (χ1n) is 4.16. The van der Waals surface area contributed by atoms with Crippen molar-refractivity contribution >= 4 is 35.1 Å². The summed E-state index contributed by atoms with van der Waals surface area (Å²) in [6, 6.07) is 0. The average molecular weight is 237 g/mol. The lowest BCUT2D eigenvalue weighted by atomic mass is 10.7. The third kappa shape index (κ3) is 4.84. The smallest absolute Gasteiger partial charge is 0.0864 e. The van der Waals surface area contributed by atoms with Crippen molar-refractivity contribution in [3.8, 4) is 0 Å². The first-order valence-corrected chi connectivity index (χ1v) is 6.85. The van der Waals surface area contributed by atoms with Crippen molar-refractivity contribution in [2.75, 3.05) is 17.3 Å². The van der Waals surface area contributed by atoms with Gasteiger partial charge in [0.1, 0.15) is 0 Å². The van der Waals surface area contributed by atoms with Gasteiger partial charge < -0.3 is 0 Å². The fraction of sp³-hybridized carbons (Fsp3) is 0.625. The van der Waals surface area contributed by atoms with Crippen molar-refractivity contribution in [3.63, 3.8) is 0 Å². The van der Waals surface area contributed by atoms with Crippen LogP contribution in [0.3, 0.4) is 0 Å². The zero-order valence-electron chi connectivity index (χ0n) is 7.57. The summed E-state index contributed by atoms with van der Waals surface area (Å²) >= 11 is 9.58. The zero-order valence-corrected chi connectivity index (χ0v) is 9.96. The van der Waals surface area contributed by atoms with Gasteiger partial charge in [0.2, 0.25) is 0 Å². The van der Waals surface area contributed by atoms with Crippen LogP contribution >= 0.6 is 35.1 Å². The van der Waals surface area contributed by atoms with Crippen molar-refractivity contribution in [3.05, 3.63) is 17.4 Å². The van der Waals surface area contributed by atoms with E-state index in [1.807, 2.05) is 34.4 Å². The second kappa shape index (κ2) is 6.62. The van der Waals surface area contributed by atoms with Crippen LogP contribution in [-0.2, 0) is 5.88 Å². The molecule has 1 aromatic rings. The molecule has 0 aliphatic rings. The van der Waals surface area contributed by atoms with Crippen LogP contribution in [0, 0.1) is 0 Å². The molecule has 0 aromatic carbocycles. The first-order chi connectivity index (χ1) is 6.33. The zero-order chi connectivity index (χ0) is 9.52. The van der Waals surface area contributed by atoms with Crippen molar-refractivity contribution in [2.24, 2.45) is 0 Å². The maximum atomic E-state index is 5.73. The lowest BCUT2D eigenvalue weighted by molar-refractivity contribution is 0.751. The van der Waals surface area contributed by atoms with E-state index in [4.69, 9.17) is 11.6 Å². The number of hydrogen-bond acceptors (Lipinski definition) is 3. The Morgan fingerprint density at radius 2 is 2.23 bits per heavy atom. The molecule has 1 rings (SSSR count). The minimum Gasteiger partial charge on any atom is -0.261 e. The summed E-state index contributed by atoms with van der Waals surface area (Å²) in [6.45, 7) is 2.18. The Morgan fingerprint density at radius 1 is 1.46 bits per heavy atom. The third-order valence-corrected chi connectivity index (χ3v) is 3.70. The van der Waals surface area contributed by atoms with E-state index in [0.717, 1.165) is 5.88 Å². The second-order valence-electron chi connectivity index (χ2n) is 2.43. The highest BCUT2D eigenvalue weighted by Crippen LogP contribution is 2.11. The van der Waals surface area contributed by atoms with Gasteiger partial charge in [0, 0.05) is 17.7 Å². The molecule has 2 nitrogen and oxygen atoms in total. The van der Waals surface area contributed by atoms with Gasteiger partial charge in [0.25, 0.3) is 0 Å². The summed E-state index contributed by atoms with van der Waals surface area (Å²) in [5.41, 5.74) is 0. The van der Waals surface area contributed by atoms with Crippen LogP contribution < -0.4 is 0 Å². The van der Waals surface area contributed by atoms with Crippen molar-refractivity contribution < 1.29 is 0 Å². The molecule has 0 fully saturated rings. The predicted octanol–water partition coefficient (Wildman–Crippen LogP) is 2.98. The Labute approximate surface area is 92.4 Å². The molecule has 0 spiro atoms. The first kappa shape index (κ1) is 11.3. The highest BCUT2D eigenvalue weighted by atomic mass is 35.5. The topological polar surface area (TPSA) is 17.8 Å². The van der Waals surface area contributed by atoms with E-state index in [2.05, 4.69) is 12.0 Å².